The summed E-state index contributed by atoms with van der Waals surface area (Å²) in [4.78, 5) is 0. The van der Waals surface area contributed by atoms with Crippen molar-refractivity contribution in [1.29, 1.82) is 0 Å². The van der Waals surface area contributed by atoms with E-state index in [1.165, 1.54) is 16.3 Å². The average molecular weight is 235 g/mol. The van der Waals surface area contributed by atoms with Crippen LogP contribution in [0.2, 0.25) is 0 Å². The molecule has 2 aromatic carbocycles. The van der Waals surface area contributed by atoms with Crippen LogP contribution in [-0.4, -0.2) is 0 Å². The molecule has 66 valence electrons. The molecule has 0 spiro atoms. The van der Waals surface area contributed by atoms with Gasteiger partial charge in [-0.3, -0.25) is 0 Å². The van der Waals surface area contributed by atoms with Gasteiger partial charge in [-0.05, 0) is 34.9 Å². The van der Waals surface area contributed by atoms with E-state index in [-0.39, 0.29) is 0 Å². The molecule has 0 bridgehead atoms. The van der Waals surface area contributed by atoms with Crippen LogP contribution in [0, 0.1) is 0 Å². The molecule has 0 amide bonds. The van der Waals surface area contributed by atoms with Crippen molar-refractivity contribution in [3.63, 3.8) is 0 Å². The predicted molar refractivity (Wildman–Crippen MR) is 61.0 cm³/mol. The van der Waals surface area contributed by atoms with E-state index >= 15 is 0 Å². The van der Waals surface area contributed by atoms with Crippen LogP contribution in [0.4, 0.5) is 0 Å². The standard InChI is InChI=1S/C12H11Br/c1-2-9-4-3-5-10-8-11(13)6-7-12(9)10/h3-8H,2H2,1H3. The van der Waals surface area contributed by atoms with E-state index in [0.29, 0.717) is 0 Å². The maximum absolute atomic E-state index is 3.48. The molecule has 0 radical (unpaired) electrons. The fourth-order valence-corrected chi connectivity index (χ4v) is 2.01. The number of benzene rings is 2. The minimum Gasteiger partial charge on any atom is -0.0614 e. The molecule has 13 heavy (non-hydrogen) atoms. The quantitative estimate of drug-likeness (QED) is 0.696. The number of hydrogen-bond acceptors (Lipinski definition) is 0. The Morgan fingerprint density at radius 3 is 2.77 bits per heavy atom. The Kier molecular flexibility index (Phi) is 2.36. The van der Waals surface area contributed by atoms with Gasteiger partial charge in [0.1, 0.15) is 0 Å². The van der Waals surface area contributed by atoms with E-state index in [2.05, 4.69) is 59.3 Å². The smallest absolute Gasteiger partial charge is 0.0181 e. The summed E-state index contributed by atoms with van der Waals surface area (Å²) in [5.41, 5.74) is 1.42. The first-order chi connectivity index (χ1) is 6.31. The Labute approximate surface area is 86.7 Å². The van der Waals surface area contributed by atoms with Gasteiger partial charge in [-0.25, -0.2) is 0 Å². The normalized spacial score (nSPS) is 10.6. The molecule has 0 aliphatic heterocycles. The molecule has 0 saturated carbocycles. The number of fused-ring (bicyclic) bond motifs is 1. The Balaban J connectivity index is 2.77. The van der Waals surface area contributed by atoms with Crippen LogP contribution in [0.15, 0.2) is 40.9 Å². The summed E-state index contributed by atoms with van der Waals surface area (Å²) in [5.74, 6) is 0. The van der Waals surface area contributed by atoms with Crippen molar-refractivity contribution < 1.29 is 0 Å². The van der Waals surface area contributed by atoms with Gasteiger partial charge in [0.25, 0.3) is 0 Å². The van der Waals surface area contributed by atoms with Crippen LogP contribution < -0.4 is 0 Å². The second-order valence-electron chi connectivity index (χ2n) is 3.14. The van der Waals surface area contributed by atoms with Gasteiger partial charge >= 0.3 is 0 Å². The van der Waals surface area contributed by atoms with Gasteiger partial charge in [0.2, 0.25) is 0 Å². The summed E-state index contributed by atoms with van der Waals surface area (Å²) < 4.78 is 1.15. The number of halogens is 1. The molecule has 0 fully saturated rings. The van der Waals surface area contributed by atoms with E-state index < -0.39 is 0 Å². The lowest BCUT2D eigenvalue weighted by molar-refractivity contribution is 1.16. The summed E-state index contributed by atoms with van der Waals surface area (Å²) in [6.07, 6.45) is 1.10. The van der Waals surface area contributed by atoms with Crippen molar-refractivity contribution in [1.82, 2.24) is 0 Å². The molecule has 0 N–H and O–H groups in total. The molecule has 0 heterocycles. The van der Waals surface area contributed by atoms with E-state index in [9.17, 15) is 0 Å². The number of aryl methyl sites for hydroxylation is 1. The molecule has 2 rings (SSSR count). The SMILES string of the molecule is CCc1cccc2cc(Br)ccc12. The lowest BCUT2D eigenvalue weighted by atomic mass is 10.0. The van der Waals surface area contributed by atoms with Crippen LogP contribution in [0.25, 0.3) is 10.8 Å². The lowest BCUT2D eigenvalue weighted by Gasteiger charge is -2.03. The first kappa shape index (κ1) is 8.76. The lowest BCUT2D eigenvalue weighted by Crippen LogP contribution is -1.82. The summed E-state index contributed by atoms with van der Waals surface area (Å²) in [6.45, 7) is 2.19. The van der Waals surface area contributed by atoms with Crippen molar-refractivity contribution >= 4 is 26.7 Å². The van der Waals surface area contributed by atoms with Gasteiger partial charge in [-0.15, -0.1) is 0 Å². The van der Waals surface area contributed by atoms with Crippen LogP contribution >= 0.6 is 15.9 Å². The van der Waals surface area contributed by atoms with Gasteiger partial charge in [0, 0.05) is 4.47 Å². The van der Waals surface area contributed by atoms with Crippen molar-refractivity contribution in [2.45, 2.75) is 13.3 Å². The number of hydrogen-bond donors (Lipinski definition) is 0. The Hall–Kier alpha value is -0.820. The van der Waals surface area contributed by atoms with Crippen molar-refractivity contribution in [3.8, 4) is 0 Å². The molecule has 0 unspecified atom stereocenters. The zero-order valence-electron chi connectivity index (χ0n) is 7.55. The summed E-state index contributed by atoms with van der Waals surface area (Å²) in [7, 11) is 0. The average Bonchev–Trinajstić information content (AvgIpc) is 2.16. The molecule has 2 aromatic rings. The fraction of sp³-hybridized carbons (Fsp3) is 0.167. The van der Waals surface area contributed by atoms with E-state index in [1.807, 2.05) is 0 Å². The maximum Gasteiger partial charge on any atom is 0.0181 e. The van der Waals surface area contributed by atoms with Crippen molar-refractivity contribution in [2.75, 3.05) is 0 Å². The highest BCUT2D eigenvalue weighted by Crippen LogP contribution is 2.22. The molecule has 0 saturated heterocycles. The van der Waals surface area contributed by atoms with Crippen molar-refractivity contribution in [3.05, 3.63) is 46.4 Å². The topological polar surface area (TPSA) is 0 Å². The first-order valence-corrected chi connectivity index (χ1v) is 5.27. The highest BCUT2D eigenvalue weighted by molar-refractivity contribution is 9.10. The molecular formula is C12H11Br. The van der Waals surface area contributed by atoms with Crippen LogP contribution in [-0.2, 0) is 6.42 Å². The first-order valence-electron chi connectivity index (χ1n) is 4.48. The minimum absolute atomic E-state index is 1.10. The third-order valence-electron chi connectivity index (χ3n) is 2.31. The fourth-order valence-electron chi connectivity index (χ4n) is 1.63. The summed E-state index contributed by atoms with van der Waals surface area (Å²) >= 11 is 3.48. The molecule has 0 atom stereocenters. The second-order valence-corrected chi connectivity index (χ2v) is 4.05. The van der Waals surface area contributed by atoms with Crippen molar-refractivity contribution in [2.24, 2.45) is 0 Å². The third kappa shape index (κ3) is 1.61. The van der Waals surface area contributed by atoms with Gasteiger partial charge in [0.15, 0.2) is 0 Å². The predicted octanol–water partition coefficient (Wildman–Crippen LogP) is 4.16. The van der Waals surface area contributed by atoms with E-state index in [0.717, 1.165) is 10.9 Å². The maximum atomic E-state index is 3.48. The summed E-state index contributed by atoms with van der Waals surface area (Å²) in [6, 6.07) is 12.9. The zero-order chi connectivity index (χ0) is 9.26. The third-order valence-corrected chi connectivity index (χ3v) is 2.81. The molecule has 0 aliphatic carbocycles. The second kappa shape index (κ2) is 3.51. The number of rotatable bonds is 1. The monoisotopic (exact) mass is 234 g/mol. The van der Waals surface area contributed by atoms with Gasteiger partial charge in [-0.2, -0.15) is 0 Å². The Morgan fingerprint density at radius 1 is 1.15 bits per heavy atom. The van der Waals surface area contributed by atoms with Crippen LogP contribution in [0.3, 0.4) is 0 Å². The molecular weight excluding hydrogens is 224 g/mol. The van der Waals surface area contributed by atoms with Crippen LogP contribution in [0.5, 0.6) is 0 Å². The van der Waals surface area contributed by atoms with Crippen LogP contribution in [0.1, 0.15) is 12.5 Å². The van der Waals surface area contributed by atoms with E-state index in [1.54, 1.807) is 0 Å². The Morgan fingerprint density at radius 2 is 2.00 bits per heavy atom. The Bertz CT molecular complexity index is 432. The minimum atomic E-state index is 1.10. The molecule has 0 nitrogen and oxygen atoms in total. The summed E-state index contributed by atoms with van der Waals surface area (Å²) in [5, 5.41) is 2.68. The zero-order valence-corrected chi connectivity index (χ0v) is 9.14. The van der Waals surface area contributed by atoms with Gasteiger partial charge < -0.3 is 0 Å². The highest BCUT2D eigenvalue weighted by atomic mass is 79.9. The molecule has 0 aliphatic rings. The van der Waals surface area contributed by atoms with E-state index in [4.69, 9.17) is 0 Å². The van der Waals surface area contributed by atoms with Gasteiger partial charge in [-0.1, -0.05) is 47.1 Å². The largest absolute Gasteiger partial charge is 0.0614 e. The van der Waals surface area contributed by atoms with Gasteiger partial charge in [0.05, 0.1) is 0 Å². The molecule has 0 aromatic heterocycles. The highest BCUT2D eigenvalue weighted by Gasteiger charge is 1.98. The molecule has 1 heteroatoms.